The number of ether oxygens (including phenoxy) is 2. The molecule has 3 aromatic heterocycles. The highest BCUT2D eigenvalue weighted by atomic mass is 16.5. The van der Waals surface area contributed by atoms with Crippen LogP contribution >= 0.6 is 0 Å². The van der Waals surface area contributed by atoms with Crippen molar-refractivity contribution in [2.24, 2.45) is 16.5 Å². The number of hydrogen-bond acceptors (Lipinski definition) is 9. The number of aromatic nitrogens is 3. The molecule has 1 saturated heterocycles. The van der Waals surface area contributed by atoms with Crippen LogP contribution in [0.4, 0.5) is 11.5 Å². The second-order valence-electron chi connectivity index (χ2n) is 10.0. The molecule has 3 aromatic rings. The first-order valence-corrected chi connectivity index (χ1v) is 12.4. The smallest absolute Gasteiger partial charge is 0.213 e. The van der Waals surface area contributed by atoms with Gasteiger partial charge in [-0.2, -0.15) is 4.91 Å². The molecule has 0 radical (unpaired) electrons. The van der Waals surface area contributed by atoms with Crippen molar-refractivity contribution in [2.75, 3.05) is 43.6 Å². The summed E-state index contributed by atoms with van der Waals surface area (Å²) in [4.78, 5) is 28.1. The fourth-order valence-corrected chi connectivity index (χ4v) is 6.15. The van der Waals surface area contributed by atoms with E-state index in [4.69, 9.17) is 14.5 Å². The molecule has 2 atom stereocenters. The molecular weight excluding hydrogens is 444 g/mol. The lowest BCUT2D eigenvalue weighted by Crippen LogP contribution is -2.39. The predicted molar refractivity (Wildman–Crippen MR) is 134 cm³/mol. The molecule has 9 heteroatoms. The molecule has 2 fully saturated rings. The van der Waals surface area contributed by atoms with Gasteiger partial charge in [0.15, 0.2) is 11.6 Å². The molecule has 0 aromatic carbocycles. The van der Waals surface area contributed by atoms with Gasteiger partial charge in [-0.1, -0.05) is 5.18 Å². The molecule has 9 nitrogen and oxygen atoms in total. The van der Waals surface area contributed by atoms with E-state index < -0.39 is 0 Å². The second-order valence-corrected chi connectivity index (χ2v) is 10.0. The fourth-order valence-electron chi connectivity index (χ4n) is 6.15. The largest absolute Gasteiger partial charge is 0.488 e. The van der Waals surface area contributed by atoms with Gasteiger partial charge in [0.25, 0.3) is 0 Å². The highest BCUT2D eigenvalue weighted by molar-refractivity contribution is 5.88. The van der Waals surface area contributed by atoms with Gasteiger partial charge in [0.2, 0.25) is 5.88 Å². The van der Waals surface area contributed by atoms with E-state index in [0.717, 1.165) is 85.7 Å². The Morgan fingerprint density at radius 3 is 2.89 bits per heavy atom. The van der Waals surface area contributed by atoms with Gasteiger partial charge in [-0.15, -0.1) is 0 Å². The lowest BCUT2D eigenvalue weighted by Gasteiger charge is -2.40. The van der Waals surface area contributed by atoms with E-state index in [9.17, 15) is 4.91 Å². The van der Waals surface area contributed by atoms with Gasteiger partial charge in [-0.05, 0) is 67.7 Å². The van der Waals surface area contributed by atoms with Crippen molar-refractivity contribution < 1.29 is 9.47 Å². The van der Waals surface area contributed by atoms with E-state index >= 15 is 0 Å². The van der Waals surface area contributed by atoms with Crippen LogP contribution in [0.25, 0.3) is 11.0 Å². The van der Waals surface area contributed by atoms with E-state index in [-0.39, 0.29) is 17.4 Å². The number of hydrogen-bond donors (Lipinski definition) is 1. The Kier molecular flexibility index (Phi) is 5.62. The van der Waals surface area contributed by atoms with Gasteiger partial charge < -0.3 is 19.7 Å². The average Bonchev–Trinajstić information content (AvgIpc) is 3.24. The Bertz CT molecular complexity index is 1240. The molecule has 5 heterocycles. The maximum absolute atomic E-state index is 11.8. The number of nitroso groups, excluding NO2 is 1. The normalized spacial score (nSPS) is 22.9. The van der Waals surface area contributed by atoms with Gasteiger partial charge in [-0.3, -0.25) is 4.98 Å². The number of methoxy groups -OCH3 is 1. The number of rotatable bonds is 5. The summed E-state index contributed by atoms with van der Waals surface area (Å²) >= 11 is 0. The minimum Gasteiger partial charge on any atom is -0.488 e. The van der Waals surface area contributed by atoms with Gasteiger partial charge in [0, 0.05) is 31.0 Å². The van der Waals surface area contributed by atoms with Crippen LogP contribution in [-0.4, -0.2) is 54.3 Å². The van der Waals surface area contributed by atoms with Crippen molar-refractivity contribution in [3.05, 3.63) is 47.1 Å². The predicted octanol–water partition coefficient (Wildman–Crippen LogP) is 4.21. The van der Waals surface area contributed by atoms with Crippen molar-refractivity contribution in [3.8, 4) is 11.6 Å². The standard InChI is InChI=1S/C26H30N6O3/c1-34-23-5-3-19-24(30-23)21(6-9-27-19)32-11-7-26(8-12-32)15-17(20(16-26)31-33)14-18-2-4-22-25(29-18)28-10-13-35-22/h2-6,9,17,20H,7-8,10-16H2,1H3,(H,28,29). The highest BCUT2D eigenvalue weighted by Gasteiger charge is 2.47. The van der Waals surface area contributed by atoms with Crippen LogP contribution in [0.5, 0.6) is 11.6 Å². The van der Waals surface area contributed by atoms with E-state index in [0.29, 0.717) is 12.5 Å². The van der Waals surface area contributed by atoms with Gasteiger partial charge in [0.05, 0.1) is 30.9 Å². The van der Waals surface area contributed by atoms with Crippen LogP contribution in [0.15, 0.2) is 41.7 Å². The zero-order valence-corrected chi connectivity index (χ0v) is 19.9. The first-order valence-electron chi connectivity index (χ1n) is 12.4. The molecule has 1 N–H and O–H groups in total. The molecular formula is C26H30N6O3. The third-order valence-corrected chi connectivity index (χ3v) is 7.97. The Morgan fingerprint density at radius 1 is 1.17 bits per heavy atom. The van der Waals surface area contributed by atoms with Crippen molar-refractivity contribution >= 4 is 22.5 Å². The van der Waals surface area contributed by atoms with Crippen LogP contribution in [0.3, 0.4) is 0 Å². The van der Waals surface area contributed by atoms with Crippen molar-refractivity contribution in [1.29, 1.82) is 0 Å². The zero-order chi connectivity index (χ0) is 23.8. The van der Waals surface area contributed by atoms with Crippen molar-refractivity contribution in [3.63, 3.8) is 0 Å². The summed E-state index contributed by atoms with van der Waals surface area (Å²) in [6, 6.07) is 9.69. The van der Waals surface area contributed by atoms with Crippen molar-refractivity contribution in [1.82, 2.24) is 15.0 Å². The number of piperidine rings is 1. The first-order chi connectivity index (χ1) is 17.2. The minimum atomic E-state index is -0.156. The second kappa shape index (κ2) is 8.94. The molecule has 0 bridgehead atoms. The molecule has 6 rings (SSSR count). The monoisotopic (exact) mass is 474 g/mol. The summed E-state index contributed by atoms with van der Waals surface area (Å²) < 4.78 is 11.0. The summed E-state index contributed by atoms with van der Waals surface area (Å²) in [5.74, 6) is 2.43. The van der Waals surface area contributed by atoms with E-state index in [2.05, 4.69) is 25.4 Å². The SMILES string of the molecule is COc1ccc2nccc(N3CCC4(CC3)CC(Cc3ccc5c(n3)NCCO5)C(N=O)C4)c2n1. The van der Waals surface area contributed by atoms with Crippen molar-refractivity contribution in [2.45, 2.75) is 38.1 Å². The van der Waals surface area contributed by atoms with Crippen LogP contribution < -0.4 is 19.7 Å². The summed E-state index contributed by atoms with van der Waals surface area (Å²) in [7, 11) is 1.63. The molecule has 2 unspecified atom stereocenters. The van der Waals surface area contributed by atoms with E-state index in [1.165, 1.54) is 0 Å². The molecule has 2 aliphatic heterocycles. The maximum atomic E-state index is 11.8. The quantitative estimate of drug-likeness (QED) is 0.549. The van der Waals surface area contributed by atoms with Crippen LogP contribution in [-0.2, 0) is 6.42 Å². The Hall–Kier alpha value is -3.49. The molecule has 35 heavy (non-hydrogen) atoms. The zero-order valence-electron chi connectivity index (χ0n) is 19.9. The maximum Gasteiger partial charge on any atom is 0.213 e. The molecule has 1 saturated carbocycles. The minimum absolute atomic E-state index is 0.156. The summed E-state index contributed by atoms with van der Waals surface area (Å²) in [6.07, 6.45) is 6.58. The Balaban J connectivity index is 1.17. The Morgan fingerprint density at radius 2 is 2.06 bits per heavy atom. The average molecular weight is 475 g/mol. The fraction of sp³-hybridized carbons (Fsp3) is 0.500. The lowest BCUT2D eigenvalue weighted by atomic mass is 9.76. The molecule has 0 amide bonds. The lowest BCUT2D eigenvalue weighted by molar-refractivity contribution is 0.216. The molecule has 1 spiro atoms. The van der Waals surface area contributed by atoms with E-state index in [1.54, 1.807) is 7.11 Å². The Labute approximate surface area is 204 Å². The molecule has 182 valence electrons. The number of pyridine rings is 3. The number of anilines is 2. The van der Waals surface area contributed by atoms with Gasteiger partial charge in [-0.25, -0.2) is 9.97 Å². The number of nitrogens with one attached hydrogen (secondary N) is 1. The van der Waals surface area contributed by atoms with Crippen LogP contribution in [0.1, 0.15) is 31.4 Å². The molecule has 3 aliphatic rings. The number of nitrogens with zero attached hydrogens (tertiary/aromatic N) is 5. The summed E-state index contributed by atoms with van der Waals surface area (Å²) in [5, 5.41) is 6.88. The molecule has 1 aliphatic carbocycles. The first kappa shape index (κ1) is 22.0. The van der Waals surface area contributed by atoms with E-state index in [1.807, 2.05) is 36.5 Å². The number of fused-ring (bicyclic) bond motifs is 2. The van der Waals surface area contributed by atoms with Gasteiger partial charge >= 0.3 is 0 Å². The summed E-state index contributed by atoms with van der Waals surface area (Å²) in [5.41, 5.74) is 3.99. The topological polar surface area (TPSA) is 102 Å². The van der Waals surface area contributed by atoms with Gasteiger partial charge in [0.1, 0.15) is 12.1 Å². The third kappa shape index (κ3) is 4.13. The summed E-state index contributed by atoms with van der Waals surface area (Å²) in [6.45, 7) is 3.27. The third-order valence-electron chi connectivity index (χ3n) is 7.97. The highest BCUT2D eigenvalue weighted by Crippen LogP contribution is 2.51. The van der Waals surface area contributed by atoms with Crippen LogP contribution in [0.2, 0.25) is 0 Å². The van der Waals surface area contributed by atoms with Crippen LogP contribution in [0, 0.1) is 16.2 Å².